The third kappa shape index (κ3) is 5.57. The number of fused-ring (bicyclic) bond motifs is 1. The molecule has 2 aliphatic rings. The van der Waals surface area contributed by atoms with Gasteiger partial charge in [-0.15, -0.1) is 0 Å². The van der Waals surface area contributed by atoms with Crippen molar-refractivity contribution in [3.63, 3.8) is 0 Å². The number of aliphatic hydroxyl groups is 2. The van der Waals surface area contributed by atoms with Gasteiger partial charge in [-0.2, -0.15) is 31.4 Å². The SMILES string of the molecule is CC1CC(O)(c2ccc(C(F)(F)F)nc2)CC(COc2cc(C(F)(F)F)c3c(cnn3C3CC(C)(O)C3)c2)N1. The summed E-state index contributed by atoms with van der Waals surface area (Å²) in [7, 11) is 0. The normalized spacial score (nSPS) is 29.8. The summed E-state index contributed by atoms with van der Waals surface area (Å²) in [4.78, 5) is 3.44. The molecule has 1 aliphatic heterocycles. The molecule has 39 heavy (non-hydrogen) atoms. The molecule has 1 saturated heterocycles. The second-order valence-electron chi connectivity index (χ2n) is 11.0. The number of hydrogen-bond donors (Lipinski definition) is 3. The van der Waals surface area contributed by atoms with Crippen LogP contribution in [0.3, 0.4) is 0 Å². The topological polar surface area (TPSA) is 92.4 Å². The Hall–Kier alpha value is -2.90. The quantitative estimate of drug-likeness (QED) is 0.384. The molecule has 212 valence electrons. The largest absolute Gasteiger partial charge is 0.492 e. The Morgan fingerprint density at radius 2 is 1.74 bits per heavy atom. The van der Waals surface area contributed by atoms with E-state index in [-0.39, 0.29) is 53.7 Å². The van der Waals surface area contributed by atoms with E-state index in [2.05, 4.69) is 15.4 Å². The second kappa shape index (κ2) is 9.34. The number of ether oxygens (including phenoxy) is 1. The zero-order valence-electron chi connectivity index (χ0n) is 21.1. The molecule has 0 spiro atoms. The van der Waals surface area contributed by atoms with Crippen molar-refractivity contribution < 1.29 is 41.3 Å². The summed E-state index contributed by atoms with van der Waals surface area (Å²) in [6.45, 7) is 3.32. The summed E-state index contributed by atoms with van der Waals surface area (Å²) in [5.74, 6) is -0.0326. The number of aromatic nitrogens is 3. The van der Waals surface area contributed by atoms with Crippen LogP contribution in [0.2, 0.25) is 0 Å². The number of piperidine rings is 1. The fourth-order valence-electron chi connectivity index (χ4n) is 5.76. The van der Waals surface area contributed by atoms with Gasteiger partial charge in [0.2, 0.25) is 0 Å². The highest BCUT2D eigenvalue weighted by Crippen LogP contribution is 2.45. The molecule has 3 heterocycles. The molecule has 0 radical (unpaired) electrons. The summed E-state index contributed by atoms with van der Waals surface area (Å²) >= 11 is 0. The maximum atomic E-state index is 14.1. The van der Waals surface area contributed by atoms with Gasteiger partial charge in [0.1, 0.15) is 18.1 Å². The number of benzene rings is 1. The fourth-order valence-corrected chi connectivity index (χ4v) is 5.76. The van der Waals surface area contributed by atoms with Crippen molar-refractivity contribution >= 4 is 10.9 Å². The summed E-state index contributed by atoms with van der Waals surface area (Å²) in [6.07, 6.45) is -6.11. The maximum Gasteiger partial charge on any atom is 0.433 e. The van der Waals surface area contributed by atoms with Gasteiger partial charge in [-0.3, -0.25) is 9.67 Å². The molecule has 13 heteroatoms. The number of halogens is 6. The zero-order chi connectivity index (χ0) is 28.4. The Kier molecular flexibility index (Phi) is 6.62. The molecule has 2 aromatic heterocycles. The van der Waals surface area contributed by atoms with E-state index in [1.807, 2.05) is 0 Å². The lowest BCUT2D eigenvalue weighted by Crippen LogP contribution is -2.53. The molecule has 3 unspecified atom stereocenters. The highest BCUT2D eigenvalue weighted by Gasteiger charge is 2.43. The fraction of sp³-hybridized carbons (Fsp3) is 0.538. The van der Waals surface area contributed by atoms with Gasteiger partial charge >= 0.3 is 12.4 Å². The highest BCUT2D eigenvalue weighted by atomic mass is 19.4. The number of nitrogens with zero attached hydrogens (tertiary/aromatic N) is 3. The predicted molar refractivity (Wildman–Crippen MR) is 128 cm³/mol. The first-order valence-corrected chi connectivity index (χ1v) is 12.5. The number of alkyl halides is 6. The molecule has 1 saturated carbocycles. The number of rotatable bonds is 5. The lowest BCUT2D eigenvalue weighted by atomic mass is 9.77. The second-order valence-corrected chi connectivity index (χ2v) is 11.0. The third-order valence-electron chi connectivity index (χ3n) is 7.46. The Morgan fingerprint density at radius 3 is 2.33 bits per heavy atom. The molecular formula is C26H28F6N4O3. The zero-order valence-corrected chi connectivity index (χ0v) is 21.1. The van der Waals surface area contributed by atoms with Crippen molar-refractivity contribution in [2.75, 3.05) is 6.61 Å². The van der Waals surface area contributed by atoms with Crippen LogP contribution in [0.25, 0.3) is 10.9 Å². The van der Waals surface area contributed by atoms with Gasteiger partial charge in [-0.1, -0.05) is 6.07 Å². The predicted octanol–water partition coefficient (Wildman–Crippen LogP) is 4.96. The van der Waals surface area contributed by atoms with E-state index < -0.39 is 40.9 Å². The molecule has 3 aromatic rings. The van der Waals surface area contributed by atoms with Gasteiger partial charge in [0.05, 0.1) is 34.5 Å². The molecule has 7 nitrogen and oxygen atoms in total. The third-order valence-corrected chi connectivity index (χ3v) is 7.46. The van der Waals surface area contributed by atoms with Gasteiger partial charge in [0.25, 0.3) is 0 Å². The smallest absolute Gasteiger partial charge is 0.433 e. The summed E-state index contributed by atoms with van der Waals surface area (Å²) in [5, 5.41) is 29.0. The minimum atomic E-state index is -4.69. The van der Waals surface area contributed by atoms with Crippen LogP contribution in [0.4, 0.5) is 26.3 Å². The molecule has 3 atom stereocenters. The van der Waals surface area contributed by atoms with E-state index >= 15 is 0 Å². The van der Waals surface area contributed by atoms with Crippen LogP contribution in [0.1, 0.15) is 62.4 Å². The summed E-state index contributed by atoms with van der Waals surface area (Å²) in [6, 6.07) is 3.25. The molecule has 0 bridgehead atoms. The van der Waals surface area contributed by atoms with E-state index in [4.69, 9.17) is 4.74 Å². The molecule has 1 aliphatic carbocycles. The van der Waals surface area contributed by atoms with Crippen LogP contribution >= 0.6 is 0 Å². The van der Waals surface area contributed by atoms with Gasteiger partial charge < -0.3 is 20.3 Å². The lowest BCUT2D eigenvalue weighted by molar-refractivity contribution is -0.141. The van der Waals surface area contributed by atoms with Crippen molar-refractivity contribution in [3.05, 3.63) is 53.5 Å². The van der Waals surface area contributed by atoms with Crippen LogP contribution in [-0.4, -0.2) is 49.3 Å². The lowest BCUT2D eigenvalue weighted by Gasteiger charge is -2.41. The summed E-state index contributed by atoms with van der Waals surface area (Å²) < 4.78 is 87.9. The molecule has 1 aromatic carbocycles. The first-order chi connectivity index (χ1) is 18.0. The van der Waals surface area contributed by atoms with Crippen molar-refractivity contribution in [2.45, 2.75) is 81.2 Å². The van der Waals surface area contributed by atoms with Crippen LogP contribution in [0.15, 0.2) is 36.7 Å². The van der Waals surface area contributed by atoms with E-state index in [1.54, 1.807) is 13.8 Å². The van der Waals surface area contributed by atoms with Crippen LogP contribution in [0.5, 0.6) is 5.75 Å². The molecule has 5 rings (SSSR count). The van der Waals surface area contributed by atoms with E-state index in [9.17, 15) is 36.6 Å². The number of nitrogens with one attached hydrogen (secondary N) is 1. The van der Waals surface area contributed by atoms with E-state index in [1.165, 1.54) is 23.0 Å². The van der Waals surface area contributed by atoms with Crippen molar-refractivity contribution in [1.82, 2.24) is 20.1 Å². The minimum Gasteiger partial charge on any atom is -0.492 e. The first kappa shape index (κ1) is 27.7. The number of pyridine rings is 1. The van der Waals surface area contributed by atoms with Crippen molar-refractivity contribution in [2.24, 2.45) is 0 Å². The standard InChI is InChI=1S/C26H28F6N4O3/c1-14-7-24(38,16-3-4-21(33-12-16)26(30,31)32)8-17(35-14)13-39-19-5-15-11-34-36(18-9-23(2,37)10-18)22(15)20(6-19)25(27,28)29/h3-6,11-12,14,17-18,35,37-38H,7-10,13H2,1-2H3. The number of hydrogen-bond acceptors (Lipinski definition) is 6. The first-order valence-electron chi connectivity index (χ1n) is 12.5. The molecule has 0 amide bonds. The maximum absolute atomic E-state index is 14.1. The molecule has 2 fully saturated rings. The van der Waals surface area contributed by atoms with Crippen molar-refractivity contribution in [1.29, 1.82) is 0 Å². The Balaban J connectivity index is 1.35. The van der Waals surface area contributed by atoms with Crippen molar-refractivity contribution in [3.8, 4) is 5.75 Å². The minimum absolute atomic E-state index is 0.0326. The van der Waals surface area contributed by atoms with Gasteiger partial charge in [-0.25, -0.2) is 0 Å². The monoisotopic (exact) mass is 558 g/mol. The summed E-state index contributed by atoms with van der Waals surface area (Å²) in [5.41, 5.74) is -4.27. The van der Waals surface area contributed by atoms with Gasteiger partial charge in [0.15, 0.2) is 0 Å². The molecular weight excluding hydrogens is 530 g/mol. The Morgan fingerprint density at radius 1 is 1.03 bits per heavy atom. The Bertz CT molecular complexity index is 1350. The van der Waals surface area contributed by atoms with E-state index in [0.717, 1.165) is 18.3 Å². The Labute approximate surface area is 219 Å². The van der Waals surface area contributed by atoms with Crippen LogP contribution in [-0.2, 0) is 18.0 Å². The average Bonchev–Trinajstić information content (AvgIpc) is 3.22. The van der Waals surface area contributed by atoms with Gasteiger partial charge in [0, 0.05) is 29.2 Å². The van der Waals surface area contributed by atoms with Crippen LogP contribution < -0.4 is 10.1 Å². The van der Waals surface area contributed by atoms with E-state index in [0.29, 0.717) is 12.8 Å². The molecule has 3 N–H and O–H groups in total. The average molecular weight is 559 g/mol. The highest BCUT2D eigenvalue weighted by molar-refractivity contribution is 5.84. The van der Waals surface area contributed by atoms with Gasteiger partial charge in [-0.05, 0) is 57.7 Å². The van der Waals surface area contributed by atoms with Crippen LogP contribution in [0, 0.1) is 0 Å².